The van der Waals surface area contributed by atoms with Crippen LogP contribution in [-0.2, 0) is 13.1 Å². The van der Waals surface area contributed by atoms with Crippen LogP contribution in [0.1, 0.15) is 43.4 Å². The van der Waals surface area contributed by atoms with Crippen LogP contribution in [0.4, 0.5) is 8.78 Å². The van der Waals surface area contributed by atoms with Gasteiger partial charge in [0.25, 0.3) is 5.91 Å². The van der Waals surface area contributed by atoms with Crippen LogP contribution in [0.25, 0.3) is 11.0 Å². The van der Waals surface area contributed by atoms with Crippen molar-refractivity contribution in [3.8, 4) is 0 Å². The molecule has 1 aromatic heterocycles. The second kappa shape index (κ2) is 8.50. The first-order valence-electron chi connectivity index (χ1n) is 9.59. The van der Waals surface area contributed by atoms with E-state index in [9.17, 15) is 13.6 Å². The summed E-state index contributed by atoms with van der Waals surface area (Å²) < 4.78 is 29.8. The second-order valence-electron chi connectivity index (χ2n) is 7.37. The predicted octanol–water partition coefficient (Wildman–Crippen LogP) is 5.02. The van der Waals surface area contributed by atoms with Gasteiger partial charge >= 0.3 is 0 Å². The predicted molar refractivity (Wildman–Crippen MR) is 106 cm³/mol. The number of rotatable bonds is 7. The van der Waals surface area contributed by atoms with E-state index in [1.165, 1.54) is 24.3 Å². The lowest BCUT2D eigenvalue weighted by Crippen LogP contribution is -2.35. The van der Waals surface area contributed by atoms with E-state index in [0.717, 1.165) is 11.9 Å². The van der Waals surface area contributed by atoms with Gasteiger partial charge in [-0.25, -0.2) is 13.8 Å². The minimum Gasteiger partial charge on any atom is -0.331 e. The molecule has 0 N–H and O–H groups in total. The first kappa shape index (κ1) is 20.0. The van der Waals surface area contributed by atoms with Crippen LogP contribution in [0.2, 0.25) is 0 Å². The van der Waals surface area contributed by atoms with Gasteiger partial charge in [0.1, 0.15) is 17.5 Å². The molecule has 0 fully saturated rings. The van der Waals surface area contributed by atoms with E-state index in [4.69, 9.17) is 0 Å². The zero-order valence-electron chi connectivity index (χ0n) is 16.5. The Balaban J connectivity index is 2.00. The number of aromatic nitrogens is 2. The summed E-state index contributed by atoms with van der Waals surface area (Å²) in [6, 6.07) is 10.5. The molecule has 4 nitrogen and oxygen atoms in total. The van der Waals surface area contributed by atoms with Gasteiger partial charge in [-0.1, -0.05) is 32.9 Å². The quantitative estimate of drug-likeness (QED) is 0.573. The van der Waals surface area contributed by atoms with Gasteiger partial charge in [-0.3, -0.25) is 4.79 Å². The number of fused-ring (bicyclic) bond motifs is 1. The Morgan fingerprint density at radius 1 is 1.18 bits per heavy atom. The topological polar surface area (TPSA) is 38.1 Å². The molecule has 0 spiro atoms. The lowest BCUT2D eigenvalue weighted by molar-refractivity contribution is 0.0711. The molecule has 148 valence electrons. The zero-order valence-corrected chi connectivity index (χ0v) is 16.5. The first-order chi connectivity index (χ1) is 13.4. The molecule has 0 aliphatic rings. The molecule has 3 aromatic rings. The lowest BCUT2D eigenvalue weighted by atomic mass is 10.1. The Morgan fingerprint density at radius 3 is 2.61 bits per heavy atom. The van der Waals surface area contributed by atoms with E-state index in [0.29, 0.717) is 24.4 Å². The Kier molecular flexibility index (Phi) is 6.07. The third kappa shape index (κ3) is 4.21. The van der Waals surface area contributed by atoms with Crippen molar-refractivity contribution in [3.05, 3.63) is 65.5 Å². The van der Waals surface area contributed by atoms with Crippen molar-refractivity contribution in [1.29, 1.82) is 0 Å². The highest BCUT2D eigenvalue weighted by Gasteiger charge is 2.23. The van der Waals surface area contributed by atoms with Gasteiger partial charge in [0, 0.05) is 19.2 Å². The van der Waals surface area contributed by atoms with Crippen LogP contribution in [0.5, 0.6) is 0 Å². The van der Waals surface area contributed by atoms with Crippen molar-refractivity contribution >= 4 is 16.9 Å². The summed E-state index contributed by atoms with van der Waals surface area (Å²) in [6.07, 6.45) is 0.876. The third-order valence-corrected chi connectivity index (χ3v) is 4.55. The van der Waals surface area contributed by atoms with Gasteiger partial charge < -0.3 is 9.47 Å². The average Bonchev–Trinajstić information content (AvgIpc) is 2.97. The van der Waals surface area contributed by atoms with Gasteiger partial charge in [-0.05, 0) is 36.6 Å². The van der Waals surface area contributed by atoms with Gasteiger partial charge in [0.15, 0.2) is 0 Å². The molecule has 6 heteroatoms. The standard InChI is InChI=1S/C22H25F2N3O/c1-4-11-27-20-10-9-16(23)12-19(20)25-21(27)14-26(13-15(2)3)22(28)17-7-5-6-8-18(17)24/h5-10,12,15H,4,11,13-14H2,1-3H3. The fraction of sp³-hybridized carbons (Fsp3) is 0.364. The minimum absolute atomic E-state index is 0.0485. The van der Waals surface area contributed by atoms with Crippen LogP contribution >= 0.6 is 0 Å². The van der Waals surface area contributed by atoms with Gasteiger partial charge in [-0.15, -0.1) is 0 Å². The van der Waals surface area contributed by atoms with E-state index < -0.39 is 5.82 Å². The maximum Gasteiger partial charge on any atom is 0.257 e. The van der Waals surface area contributed by atoms with Crippen LogP contribution in [0.15, 0.2) is 42.5 Å². The molecule has 2 aromatic carbocycles. The van der Waals surface area contributed by atoms with Gasteiger partial charge in [-0.2, -0.15) is 0 Å². The molecule has 28 heavy (non-hydrogen) atoms. The molecule has 0 saturated carbocycles. The SMILES string of the molecule is CCCn1c(CN(CC(C)C)C(=O)c2ccccc2F)nc2cc(F)ccc21. The summed E-state index contributed by atoms with van der Waals surface area (Å²) in [5.41, 5.74) is 1.44. The largest absolute Gasteiger partial charge is 0.331 e. The zero-order chi connectivity index (χ0) is 20.3. The maximum absolute atomic E-state index is 14.2. The molecule has 0 saturated heterocycles. The van der Waals surface area contributed by atoms with Crippen LogP contribution < -0.4 is 0 Å². The van der Waals surface area contributed by atoms with Crippen molar-refractivity contribution in [3.63, 3.8) is 0 Å². The Morgan fingerprint density at radius 2 is 1.93 bits per heavy atom. The summed E-state index contributed by atoms with van der Waals surface area (Å²) in [5.74, 6) is -0.370. The maximum atomic E-state index is 14.2. The number of halogens is 2. The average molecular weight is 385 g/mol. The number of carbonyl (C=O) groups excluding carboxylic acids is 1. The molecule has 0 radical (unpaired) electrons. The fourth-order valence-electron chi connectivity index (χ4n) is 3.38. The number of aryl methyl sites for hydroxylation is 1. The highest BCUT2D eigenvalue weighted by atomic mass is 19.1. The van der Waals surface area contributed by atoms with Crippen molar-refractivity contribution in [1.82, 2.24) is 14.5 Å². The normalized spacial score (nSPS) is 11.4. The molecule has 3 rings (SSSR count). The Labute approximate surface area is 163 Å². The smallest absolute Gasteiger partial charge is 0.257 e. The fourth-order valence-corrected chi connectivity index (χ4v) is 3.38. The molecule has 0 aliphatic heterocycles. The summed E-state index contributed by atoms with van der Waals surface area (Å²) in [7, 11) is 0. The monoisotopic (exact) mass is 385 g/mol. The first-order valence-corrected chi connectivity index (χ1v) is 9.59. The van der Waals surface area contributed by atoms with Crippen molar-refractivity contribution < 1.29 is 13.6 Å². The Hall–Kier alpha value is -2.76. The van der Waals surface area contributed by atoms with Crippen LogP contribution in [0.3, 0.4) is 0 Å². The second-order valence-corrected chi connectivity index (χ2v) is 7.37. The van der Waals surface area contributed by atoms with Crippen molar-refractivity contribution in [2.75, 3.05) is 6.54 Å². The summed E-state index contributed by atoms with van der Waals surface area (Å²) in [5, 5.41) is 0. The number of imidazole rings is 1. The molecule has 0 aliphatic carbocycles. The number of hydrogen-bond donors (Lipinski definition) is 0. The molecular weight excluding hydrogens is 360 g/mol. The summed E-state index contributed by atoms with van der Waals surface area (Å²) in [4.78, 5) is 19.2. The van der Waals surface area contributed by atoms with Crippen LogP contribution in [0, 0.1) is 17.6 Å². The van der Waals surface area contributed by atoms with Crippen molar-refractivity contribution in [2.45, 2.75) is 40.3 Å². The number of amides is 1. The molecule has 0 unspecified atom stereocenters. The summed E-state index contributed by atoms with van der Waals surface area (Å²) in [6.45, 7) is 7.48. The van der Waals surface area contributed by atoms with E-state index >= 15 is 0 Å². The Bertz CT molecular complexity index is 981. The molecule has 0 atom stereocenters. The molecule has 0 bridgehead atoms. The third-order valence-electron chi connectivity index (χ3n) is 4.55. The number of benzene rings is 2. The van der Waals surface area contributed by atoms with Crippen LogP contribution in [-0.4, -0.2) is 26.9 Å². The van der Waals surface area contributed by atoms with E-state index in [-0.39, 0.29) is 29.8 Å². The highest BCUT2D eigenvalue weighted by Crippen LogP contribution is 2.21. The minimum atomic E-state index is -0.537. The van der Waals surface area contributed by atoms with Gasteiger partial charge in [0.05, 0.1) is 23.1 Å². The van der Waals surface area contributed by atoms with Gasteiger partial charge in [0.2, 0.25) is 0 Å². The number of carbonyl (C=O) groups is 1. The molecule has 1 amide bonds. The highest BCUT2D eigenvalue weighted by molar-refractivity contribution is 5.94. The summed E-state index contributed by atoms with van der Waals surface area (Å²) >= 11 is 0. The number of nitrogens with zero attached hydrogens (tertiary/aromatic N) is 3. The lowest BCUT2D eigenvalue weighted by Gasteiger charge is -2.25. The molecular formula is C22H25F2N3O. The molecule has 1 heterocycles. The van der Waals surface area contributed by atoms with E-state index in [2.05, 4.69) is 11.9 Å². The van der Waals surface area contributed by atoms with Crippen molar-refractivity contribution in [2.24, 2.45) is 5.92 Å². The number of hydrogen-bond acceptors (Lipinski definition) is 2. The van der Waals surface area contributed by atoms with E-state index in [1.54, 1.807) is 23.1 Å². The van der Waals surface area contributed by atoms with E-state index in [1.807, 2.05) is 18.4 Å².